The molecule has 128 valence electrons. The molecule has 2 aromatic rings. The zero-order valence-corrected chi connectivity index (χ0v) is 14.2. The van der Waals surface area contributed by atoms with E-state index in [0.717, 1.165) is 12.2 Å². The maximum absolute atomic E-state index is 12.6. The quantitative estimate of drug-likeness (QED) is 0.816. The van der Waals surface area contributed by atoms with Crippen molar-refractivity contribution in [1.82, 2.24) is 24.6 Å². The number of nitrogens with zero attached hydrogens (tertiary/aromatic N) is 6. The van der Waals surface area contributed by atoms with Gasteiger partial charge in [0.25, 0.3) is 5.91 Å². The van der Waals surface area contributed by atoms with Crippen molar-refractivity contribution in [3.05, 3.63) is 30.4 Å². The lowest BCUT2D eigenvalue weighted by Gasteiger charge is -2.18. The van der Waals surface area contributed by atoms with Crippen molar-refractivity contribution in [3.63, 3.8) is 0 Å². The lowest BCUT2D eigenvalue weighted by molar-refractivity contribution is 0.0759. The van der Waals surface area contributed by atoms with Crippen molar-refractivity contribution in [2.24, 2.45) is 0 Å². The summed E-state index contributed by atoms with van der Waals surface area (Å²) >= 11 is 0. The van der Waals surface area contributed by atoms with Gasteiger partial charge in [0, 0.05) is 45.9 Å². The van der Waals surface area contributed by atoms with E-state index in [4.69, 9.17) is 4.74 Å². The van der Waals surface area contributed by atoms with Gasteiger partial charge in [-0.05, 0) is 13.0 Å². The molecule has 1 aliphatic rings. The van der Waals surface area contributed by atoms with Gasteiger partial charge in [-0.15, -0.1) is 0 Å². The van der Waals surface area contributed by atoms with Gasteiger partial charge in [-0.2, -0.15) is 5.10 Å². The summed E-state index contributed by atoms with van der Waals surface area (Å²) in [6, 6.07) is 3.56. The zero-order valence-electron chi connectivity index (χ0n) is 14.2. The summed E-state index contributed by atoms with van der Waals surface area (Å²) in [7, 11) is 3.83. The molecule has 1 aliphatic heterocycles. The normalized spacial score (nSPS) is 17.1. The summed E-state index contributed by atoms with van der Waals surface area (Å²) in [5.74, 6) is 1.32. The van der Waals surface area contributed by atoms with Gasteiger partial charge in [0.2, 0.25) is 5.88 Å². The number of hydrogen-bond donors (Lipinski definition) is 0. The van der Waals surface area contributed by atoms with Crippen LogP contribution in [0.1, 0.15) is 23.8 Å². The SMILES string of the molecule is CCn1nccc1C(=O)N1CC[C@@H](Oc2cc(N(C)C)ncn2)C1. The molecular weight excluding hydrogens is 308 g/mol. The maximum Gasteiger partial charge on any atom is 0.272 e. The largest absolute Gasteiger partial charge is 0.472 e. The molecule has 0 spiro atoms. The molecule has 3 rings (SSSR count). The van der Waals surface area contributed by atoms with E-state index in [1.807, 2.05) is 30.8 Å². The van der Waals surface area contributed by atoms with Gasteiger partial charge in [0.15, 0.2) is 0 Å². The molecule has 0 saturated carbocycles. The Kier molecular flexibility index (Phi) is 4.64. The number of aromatic nitrogens is 4. The predicted molar refractivity (Wildman–Crippen MR) is 89.2 cm³/mol. The fourth-order valence-corrected chi connectivity index (χ4v) is 2.75. The average molecular weight is 330 g/mol. The van der Waals surface area contributed by atoms with E-state index in [1.165, 1.54) is 6.33 Å². The molecule has 0 unspecified atom stereocenters. The Morgan fingerprint density at radius 2 is 2.25 bits per heavy atom. The van der Waals surface area contributed by atoms with E-state index in [0.29, 0.717) is 31.2 Å². The van der Waals surface area contributed by atoms with E-state index in [9.17, 15) is 4.79 Å². The highest BCUT2D eigenvalue weighted by molar-refractivity contribution is 5.92. The second-order valence-corrected chi connectivity index (χ2v) is 5.92. The first-order valence-corrected chi connectivity index (χ1v) is 8.05. The van der Waals surface area contributed by atoms with Gasteiger partial charge in [-0.25, -0.2) is 9.97 Å². The Hall–Kier alpha value is -2.64. The van der Waals surface area contributed by atoms with Crippen LogP contribution in [0.25, 0.3) is 0 Å². The third-order valence-electron chi connectivity index (χ3n) is 4.04. The minimum atomic E-state index is -0.0585. The fourth-order valence-electron chi connectivity index (χ4n) is 2.75. The number of hydrogen-bond acceptors (Lipinski definition) is 6. The monoisotopic (exact) mass is 330 g/mol. The summed E-state index contributed by atoms with van der Waals surface area (Å²) < 4.78 is 7.64. The first-order chi connectivity index (χ1) is 11.6. The topological polar surface area (TPSA) is 76.4 Å². The fraction of sp³-hybridized carbons (Fsp3) is 0.500. The average Bonchev–Trinajstić information content (AvgIpc) is 3.23. The molecule has 1 saturated heterocycles. The standard InChI is InChI=1S/C16H22N6O2/c1-4-22-13(5-7-19-22)16(23)21-8-6-12(10-21)24-15-9-14(20(2)3)17-11-18-15/h5,7,9,11-12H,4,6,8,10H2,1-3H3/t12-/m1/s1. The van der Waals surface area contributed by atoms with Crippen molar-refractivity contribution in [2.45, 2.75) is 26.0 Å². The van der Waals surface area contributed by atoms with Gasteiger partial charge in [0.1, 0.15) is 23.9 Å². The van der Waals surface area contributed by atoms with Crippen LogP contribution in [0.4, 0.5) is 5.82 Å². The Morgan fingerprint density at radius 1 is 1.42 bits per heavy atom. The number of rotatable bonds is 5. The molecule has 1 fully saturated rings. The Bertz CT molecular complexity index is 714. The zero-order chi connectivity index (χ0) is 17.1. The summed E-state index contributed by atoms with van der Waals surface area (Å²) in [4.78, 5) is 24.6. The molecule has 1 amide bonds. The van der Waals surface area contributed by atoms with Crippen molar-refractivity contribution >= 4 is 11.7 Å². The van der Waals surface area contributed by atoms with Crippen molar-refractivity contribution in [1.29, 1.82) is 0 Å². The van der Waals surface area contributed by atoms with Crippen LogP contribution < -0.4 is 9.64 Å². The third kappa shape index (κ3) is 3.32. The second kappa shape index (κ2) is 6.86. The summed E-state index contributed by atoms with van der Waals surface area (Å²) in [5.41, 5.74) is 0.620. The highest BCUT2D eigenvalue weighted by Crippen LogP contribution is 2.20. The van der Waals surface area contributed by atoms with E-state index >= 15 is 0 Å². The van der Waals surface area contributed by atoms with Crippen LogP contribution in [-0.4, -0.2) is 63.8 Å². The molecule has 0 N–H and O–H groups in total. The van der Waals surface area contributed by atoms with Gasteiger partial charge in [0.05, 0.1) is 6.54 Å². The minimum absolute atomic E-state index is 0.00267. The Balaban J connectivity index is 1.63. The first kappa shape index (κ1) is 16.2. The van der Waals surface area contributed by atoms with Crippen LogP contribution in [0.2, 0.25) is 0 Å². The van der Waals surface area contributed by atoms with Crippen LogP contribution in [0.15, 0.2) is 24.7 Å². The smallest absolute Gasteiger partial charge is 0.272 e. The number of ether oxygens (including phenoxy) is 1. The molecule has 8 heteroatoms. The van der Waals surface area contributed by atoms with Gasteiger partial charge < -0.3 is 14.5 Å². The van der Waals surface area contributed by atoms with Crippen LogP contribution in [-0.2, 0) is 6.54 Å². The first-order valence-electron chi connectivity index (χ1n) is 8.05. The summed E-state index contributed by atoms with van der Waals surface area (Å²) in [6.07, 6.45) is 3.87. The van der Waals surface area contributed by atoms with Gasteiger partial charge in [-0.3, -0.25) is 9.48 Å². The number of carbonyl (C=O) groups is 1. The number of likely N-dealkylation sites (tertiary alicyclic amines) is 1. The van der Waals surface area contributed by atoms with E-state index in [2.05, 4.69) is 15.1 Å². The number of aryl methyl sites for hydroxylation is 1. The molecule has 1 atom stereocenters. The van der Waals surface area contributed by atoms with Crippen molar-refractivity contribution in [2.75, 3.05) is 32.1 Å². The number of carbonyl (C=O) groups excluding carboxylic acids is 1. The molecule has 2 aromatic heterocycles. The molecule has 0 aromatic carbocycles. The Morgan fingerprint density at radius 3 is 3.00 bits per heavy atom. The van der Waals surface area contributed by atoms with Crippen LogP contribution in [0.5, 0.6) is 5.88 Å². The molecule has 0 radical (unpaired) electrons. The van der Waals surface area contributed by atoms with Crippen molar-refractivity contribution < 1.29 is 9.53 Å². The molecular formula is C16H22N6O2. The third-order valence-corrected chi connectivity index (χ3v) is 4.04. The van der Waals surface area contributed by atoms with E-state index < -0.39 is 0 Å². The Labute approximate surface area is 141 Å². The highest BCUT2D eigenvalue weighted by atomic mass is 16.5. The molecule has 8 nitrogen and oxygen atoms in total. The van der Waals surface area contributed by atoms with Gasteiger partial charge >= 0.3 is 0 Å². The van der Waals surface area contributed by atoms with Crippen LogP contribution in [0.3, 0.4) is 0 Å². The lowest BCUT2D eigenvalue weighted by Crippen LogP contribution is -2.32. The number of anilines is 1. The predicted octanol–water partition coefficient (Wildman–Crippen LogP) is 1.05. The van der Waals surface area contributed by atoms with Crippen LogP contribution in [0, 0.1) is 0 Å². The summed E-state index contributed by atoms with van der Waals surface area (Å²) in [5, 5.41) is 4.16. The molecule has 3 heterocycles. The number of amides is 1. The van der Waals surface area contributed by atoms with Gasteiger partial charge in [-0.1, -0.05) is 0 Å². The maximum atomic E-state index is 12.6. The van der Waals surface area contributed by atoms with E-state index in [-0.39, 0.29) is 12.0 Å². The highest BCUT2D eigenvalue weighted by Gasteiger charge is 2.30. The summed E-state index contributed by atoms with van der Waals surface area (Å²) in [6.45, 7) is 3.87. The molecule has 0 bridgehead atoms. The van der Waals surface area contributed by atoms with Crippen molar-refractivity contribution in [3.8, 4) is 5.88 Å². The van der Waals surface area contributed by atoms with Crippen LogP contribution >= 0.6 is 0 Å². The molecule has 0 aliphatic carbocycles. The van der Waals surface area contributed by atoms with E-state index in [1.54, 1.807) is 23.0 Å². The second-order valence-electron chi connectivity index (χ2n) is 5.92. The molecule has 24 heavy (non-hydrogen) atoms. The lowest BCUT2D eigenvalue weighted by atomic mass is 10.3. The minimum Gasteiger partial charge on any atom is -0.472 e.